The van der Waals surface area contributed by atoms with Crippen LogP contribution in [0, 0.1) is 0 Å². The zero-order chi connectivity index (χ0) is 23.7. The van der Waals surface area contributed by atoms with Crippen molar-refractivity contribution in [3.63, 3.8) is 0 Å². The minimum Gasteiger partial charge on any atom is -0.383 e. The number of hydrogen-bond donors (Lipinski definition) is 1. The smallest absolute Gasteiger partial charge is 0.124 e. The van der Waals surface area contributed by atoms with Gasteiger partial charge < -0.3 is 29.0 Å². The molecule has 0 atom stereocenters. The molecule has 0 bridgehead atoms. The van der Waals surface area contributed by atoms with Crippen LogP contribution < -0.4 is 5.32 Å². The number of hydrogen-bond acceptors (Lipinski definition) is 8. The fraction of sp³-hybridized carbons (Fsp3) is 0.500. The lowest BCUT2D eigenvalue weighted by Crippen LogP contribution is -2.15. The van der Waals surface area contributed by atoms with Gasteiger partial charge in [-0.3, -0.25) is 0 Å². The highest BCUT2D eigenvalue weighted by atomic mass is 32.1. The van der Waals surface area contributed by atoms with E-state index < -0.39 is 0 Å². The van der Waals surface area contributed by atoms with Crippen molar-refractivity contribution in [3.8, 4) is 10.6 Å². The SMILES string of the molecule is CCCOCCOCCOCCOCCOCCNc1ccc(-c2nc3ccccc3s2)cc1. The van der Waals surface area contributed by atoms with E-state index in [0.29, 0.717) is 59.5 Å². The number of thiazole rings is 1. The lowest BCUT2D eigenvalue weighted by atomic mass is 10.2. The second kappa shape index (κ2) is 16.5. The van der Waals surface area contributed by atoms with Gasteiger partial charge in [0.15, 0.2) is 0 Å². The minimum atomic E-state index is 0.558. The van der Waals surface area contributed by atoms with Gasteiger partial charge in [-0.15, -0.1) is 11.3 Å². The largest absolute Gasteiger partial charge is 0.383 e. The maximum atomic E-state index is 5.61. The van der Waals surface area contributed by atoms with E-state index in [4.69, 9.17) is 28.7 Å². The van der Waals surface area contributed by atoms with Crippen LogP contribution in [0.5, 0.6) is 0 Å². The number of benzene rings is 2. The predicted octanol–water partition coefficient (Wildman–Crippen LogP) is 4.87. The fourth-order valence-electron chi connectivity index (χ4n) is 3.12. The summed E-state index contributed by atoms with van der Waals surface area (Å²) < 4.78 is 28.5. The van der Waals surface area contributed by atoms with Crippen LogP contribution in [-0.4, -0.2) is 77.6 Å². The zero-order valence-electron chi connectivity index (χ0n) is 20.0. The molecule has 0 aliphatic rings. The molecule has 186 valence electrons. The molecular weight excluding hydrogens is 452 g/mol. The van der Waals surface area contributed by atoms with Gasteiger partial charge in [0.1, 0.15) is 5.01 Å². The van der Waals surface area contributed by atoms with E-state index in [2.05, 4.69) is 42.6 Å². The molecule has 0 aliphatic heterocycles. The molecule has 0 aliphatic carbocycles. The lowest BCUT2D eigenvalue weighted by molar-refractivity contribution is -0.0103. The first-order valence-electron chi connectivity index (χ1n) is 12.0. The molecule has 0 fully saturated rings. The van der Waals surface area contributed by atoms with E-state index in [-0.39, 0.29) is 0 Å². The zero-order valence-corrected chi connectivity index (χ0v) is 20.8. The number of rotatable bonds is 19. The summed E-state index contributed by atoms with van der Waals surface area (Å²) in [5.74, 6) is 0. The maximum absolute atomic E-state index is 5.61. The third-order valence-electron chi connectivity index (χ3n) is 4.84. The number of anilines is 1. The average Bonchev–Trinajstić information content (AvgIpc) is 3.31. The second-order valence-electron chi connectivity index (χ2n) is 7.55. The van der Waals surface area contributed by atoms with Gasteiger partial charge in [-0.05, 0) is 42.8 Å². The highest BCUT2D eigenvalue weighted by Crippen LogP contribution is 2.30. The average molecular weight is 489 g/mol. The Morgan fingerprint density at radius 3 is 1.82 bits per heavy atom. The molecule has 0 amide bonds. The predicted molar refractivity (Wildman–Crippen MR) is 138 cm³/mol. The van der Waals surface area contributed by atoms with Gasteiger partial charge in [0.25, 0.3) is 0 Å². The first-order chi connectivity index (χ1) is 16.9. The van der Waals surface area contributed by atoms with E-state index in [1.165, 1.54) is 4.70 Å². The number of para-hydroxylation sites is 1. The molecule has 3 rings (SSSR count). The van der Waals surface area contributed by atoms with E-state index in [9.17, 15) is 0 Å². The van der Waals surface area contributed by atoms with Crippen LogP contribution in [0.3, 0.4) is 0 Å². The van der Waals surface area contributed by atoms with Crippen LogP contribution in [-0.2, 0) is 23.7 Å². The Labute approximate surface area is 206 Å². The first-order valence-corrected chi connectivity index (χ1v) is 12.8. The summed E-state index contributed by atoms with van der Waals surface area (Å²) in [4.78, 5) is 4.71. The summed E-state index contributed by atoms with van der Waals surface area (Å²) in [6.45, 7) is 8.90. The van der Waals surface area contributed by atoms with Gasteiger partial charge >= 0.3 is 0 Å². The molecule has 0 saturated heterocycles. The summed E-state index contributed by atoms with van der Waals surface area (Å²) in [6, 6.07) is 16.6. The molecule has 1 heterocycles. The Kier molecular flexibility index (Phi) is 12.9. The van der Waals surface area contributed by atoms with Crippen molar-refractivity contribution in [2.24, 2.45) is 0 Å². The maximum Gasteiger partial charge on any atom is 0.124 e. The normalized spacial score (nSPS) is 11.3. The van der Waals surface area contributed by atoms with Crippen molar-refractivity contribution in [3.05, 3.63) is 48.5 Å². The van der Waals surface area contributed by atoms with Gasteiger partial charge in [0.2, 0.25) is 0 Å². The quantitative estimate of drug-likeness (QED) is 0.241. The Morgan fingerprint density at radius 1 is 0.676 bits per heavy atom. The minimum absolute atomic E-state index is 0.558. The molecule has 0 radical (unpaired) electrons. The van der Waals surface area contributed by atoms with Crippen molar-refractivity contribution in [2.75, 3.05) is 77.9 Å². The van der Waals surface area contributed by atoms with Gasteiger partial charge in [-0.2, -0.15) is 0 Å². The fourth-order valence-corrected chi connectivity index (χ4v) is 4.09. The molecule has 3 aromatic rings. The van der Waals surface area contributed by atoms with E-state index in [1.54, 1.807) is 11.3 Å². The van der Waals surface area contributed by atoms with Gasteiger partial charge in [-0.25, -0.2) is 4.98 Å². The van der Waals surface area contributed by atoms with Crippen molar-refractivity contribution >= 4 is 27.2 Å². The van der Waals surface area contributed by atoms with Crippen LogP contribution in [0.25, 0.3) is 20.8 Å². The highest BCUT2D eigenvalue weighted by Gasteiger charge is 2.05. The van der Waals surface area contributed by atoms with E-state index in [0.717, 1.165) is 41.3 Å². The van der Waals surface area contributed by atoms with Crippen LogP contribution in [0.1, 0.15) is 13.3 Å². The van der Waals surface area contributed by atoms with Crippen LogP contribution >= 0.6 is 11.3 Å². The van der Waals surface area contributed by atoms with Crippen molar-refractivity contribution in [1.29, 1.82) is 0 Å². The summed E-state index contributed by atoms with van der Waals surface area (Å²) in [6.07, 6.45) is 1.03. The molecule has 1 aromatic heterocycles. The van der Waals surface area contributed by atoms with E-state index >= 15 is 0 Å². The molecule has 2 aromatic carbocycles. The van der Waals surface area contributed by atoms with Gasteiger partial charge in [0.05, 0.1) is 69.7 Å². The monoisotopic (exact) mass is 488 g/mol. The Morgan fingerprint density at radius 2 is 1.24 bits per heavy atom. The number of aromatic nitrogens is 1. The number of nitrogens with one attached hydrogen (secondary N) is 1. The van der Waals surface area contributed by atoms with Crippen molar-refractivity contribution in [2.45, 2.75) is 13.3 Å². The van der Waals surface area contributed by atoms with Crippen LogP contribution in [0.15, 0.2) is 48.5 Å². The summed E-state index contributed by atoms with van der Waals surface area (Å²) in [5, 5.41) is 4.42. The Bertz CT molecular complexity index is 886. The highest BCUT2D eigenvalue weighted by molar-refractivity contribution is 7.21. The first kappa shape index (κ1) is 26.5. The van der Waals surface area contributed by atoms with Gasteiger partial charge in [-0.1, -0.05) is 19.1 Å². The molecular formula is C26H36N2O5S. The van der Waals surface area contributed by atoms with Crippen LogP contribution in [0.4, 0.5) is 5.69 Å². The van der Waals surface area contributed by atoms with Crippen molar-refractivity contribution in [1.82, 2.24) is 4.98 Å². The number of nitrogens with zero attached hydrogens (tertiary/aromatic N) is 1. The van der Waals surface area contributed by atoms with E-state index in [1.807, 2.05) is 18.2 Å². The third kappa shape index (κ3) is 10.0. The molecule has 8 heteroatoms. The molecule has 1 N–H and O–H groups in total. The molecule has 0 unspecified atom stereocenters. The molecule has 7 nitrogen and oxygen atoms in total. The Balaban J connectivity index is 1.14. The lowest BCUT2D eigenvalue weighted by Gasteiger charge is -2.09. The topological polar surface area (TPSA) is 71.1 Å². The summed E-state index contributed by atoms with van der Waals surface area (Å²) in [7, 11) is 0. The van der Waals surface area contributed by atoms with Crippen molar-refractivity contribution < 1.29 is 23.7 Å². The molecule has 0 spiro atoms. The van der Waals surface area contributed by atoms with Gasteiger partial charge in [0, 0.05) is 24.4 Å². The third-order valence-corrected chi connectivity index (χ3v) is 5.92. The summed E-state index contributed by atoms with van der Waals surface area (Å²) >= 11 is 1.72. The number of fused-ring (bicyclic) bond motifs is 1. The summed E-state index contributed by atoms with van der Waals surface area (Å²) in [5.41, 5.74) is 3.25. The van der Waals surface area contributed by atoms with Crippen LogP contribution in [0.2, 0.25) is 0 Å². The standard InChI is InChI=1S/C26H36N2O5S/c1-2-12-29-14-16-31-18-20-33-21-19-32-17-15-30-13-11-27-23-9-7-22(8-10-23)26-28-24-5-3-4-6-25(24)34-26/h3-10,27H,2,11-21H2,1H3. The molecule has 34 heavy (non-hydrogen) atoms. The second-order valence-corrected chi connectivity index (χ2v) is 8.58. The number of ether oxygens (including phenoxy) is 5. The molecule has 0 saturated carbocycles. The Hall–Kier alpha value is -2.07.